The molecular formula is C9H11BrFNO. The van der Waals surface area contributed by atoms with Crippen molar-refractivity contribution in [2.75, 3.05) is 6.61 Å². The zero-order valence-electron chi connectivity index (χ0n) is 7.00. The highest BCUT2D eigenvalue weighted by Crippen LogP contribution is 2.16. The molecule has 0 spiro atoms. The zero-order valence-corrected chi connectivity index (χ0v) is 8.59. The Morgan fingerprint density at radius 3 is 2.77 bits per heavy atom. The number of aliphatic hydroxyl groups is 1. The van der Waals surface area contributed by atoms with Crippen molar-refractivity contribution in [1.29, 1.82) is 0 Å². The van der Waals surface area contributed by atoms with Crippen LogP contribution >= 0.6 is 15.9 Å². The van der Waals surface area contributed by atoms with Gasteiger partial charge in [-0.25, -0.2) is 4.39 Å². The molecule has 0 amide bonds. The van der Waals surface area contributed by atoms with Crippen LogP contribution in [0.5, 0.6) is 0 Å². The summed E-state index contributed by atoms with van der Waals surface area (Å²) in [6.45, 7) is -0.129. The number of aliphatic hydroxyl groups excluding tert-OH is 1. The second kappa shape index (κ2) is 4.69. The van der Waals surface area contributed by atoms with Crippen molar-refractivity contribution >= 4 is 15.9 Å². The van der Waals surface area contributed by atoms with Crippen molar-refractivity contribution in [2.24, 2.45) is 5.73 Å². The van der Waals surface area contributed by atoms with Crippen LogP contribution in [-0.4, -0.2) is 17.8 Å². The first-order chi connectivity index (χ1) is 6.13. The van der Waals surface area contributed by atoms with E-state index in [0.29, 0.717) is 16.5 Å². The van der Waals surface area contributed by atoms with Gasteiger partial charge in [-0.3, -0.25) is 0 Å². The van der Waals surface area contributed by atoms with E-state index in [1.807, 2.05) is 0 Å². The van der Waals surface area contributed by atoms with Gasteiger partial charge >= 0.3 is 0 Å². The SMILES string of the molecule is NC(CO)Cc1ccc(Br)cc1F. The molecule has 0 fully saturated rings. The largest absolute Gasteiger partial charge is 0.395 e. The van der Waals surface area contributed by atoms with Gasteiger partial charge in [-0.05, 0) is 24.1 Å². The van der Waals surface area contributed by atoms with Crippen LogP contribution in [0.15, 0.2) is 22.7 Å². The normalized spacial score (nSPS) is 12.9. The number of hydrogen-bond donors (Lipinski definition) is 2. The molecule has 0 saturated heterocycles. The Hall–Kier alpha value is -0.450. The van der Waals surface area contributed by atoms with E-state index in [0.717, 1.165) is 0 Å². The smallest absolute Gasteiger partial charge is 0.127 e. The van der Waals surface area contributed by atoms with Crippen LogP contribution in [0.25, 0.3) is 0 Å². The van der Waals surface area contributed by atoms with Crippen molar-refractivity contribution in [2.45, 2.75) is 12.5 Å². The molecule has 1 aromatic carbocycles. The molecule has 4 heteroatoms. The van der Waals surface area contributed by atoms with E-state index < -0.39 is 6.04 Å². The van der Waals surface area contributed by atoms with Crippen LogP contribution in [0.4, 0.5) is 4.39 Å². The summed E-state index contributed by atoms with van der Waals surface area (Å²) in [6.07, 6.45) is 0.357. The number of benzene rings is 1. The Labute approximate surface area is 84.7 Å². The van der Waals surface area contributed by atoms with Crippen LogP contribution in [0, 0.1) is 5.82 Å². The number of hydrogen-bond acceptors (Lipinski definition) is 2. The van der Waals surface area contributed by atoms with E-state index in [4.69, 9.17) is 10.8 Å². The van der Waals surface area contributed by atoms with Crippen molar-refractivity contribution in [3.05, 3.63) is 34.1 Å². The molecule has 1 rings (SSSR count). The second-order valence-corrected chi connectivity index (χ2v) is 3.80. The Balaban J connectivity index is 2.77. The Morgan fingerprint density at radius 1 is 1.54 bits per heavy atom. The minimum atomic E-state index is -0.393. The van der Waals surface area contributed by atoms with Crippen molar-refractivity contribution in [1.82, 2.24) is 0 Å². The van der Waals surface area contributed by atoms with Crippen LogP contribution in [-0.2, 0) is 6.42 Å². The molecule has 1 unspecified atom stereocenters. The first kappa shape index (κ1) is 10.6. The minimum Gasteiger partial charge on any atom is -0.395 e. The van der Waals surface area contributed by atoms with Gasteiger partial charge in [-0.2, -0.15) is 0 Å². The van der Waals surface area contributed by atoms with E-state index in [9.17, 15) is 4.39 Å². The van der Waals surface area contributed by atoms with E-state index in [1.54, 1.807) is 12.1 Å². The van der Waals surface area contributed by atoms with Gasteiger partial charge in [-0.1, -0.05) is 22.0 Å². The standard InChI is InChI=1S/C9H11BrFNO/c10-7-2-1-6(9(11)4-7)3-8(12)5-13/h1-2,4,8,13H,3,5,12H2. The lowest BCUT2D eigenvalue weighted by atomic mass is 10.1. The molecule has 0 aliphatic rings. The predicted octanol–water partition coefficient (Wildman–Crippen LogP) is 1.45. The molecule has 0 aromatic heterocycles. The lowest BCUT2D eigenvalue weighted by molar-refractivity contribution is 0.264. The maximum atomic E-state index is 13.2. The van der Waals surface area contributed by atoms with E-state index in [2.05, 4.69) is 15.9 Å². The zero-order chi connectivity index (χ0) is 9.84. The molecule has 0 aliphatic heterocycles. The summed E-state index contributed by atoms with van der Waals surface area (Å²) in [4.78, 5) is 0. The van der Waals surface area contributed by atoms with Crippen molar-refractivity contribution in [3.8, 4) is 0 Å². The van der Waals surface area contributed by atoms with Gasteiger partial charge in [0.1, 0.15) is 5.82 Å². The summed E-state index contributed by atoms with van der Waals surface area (Å²) >= 11 is 3.16. The van der Waals surface area contributed by atoms with Crippen LogP contribution in [0.1, 0.15) is 5.56 Å². The summed E-state index contributed by atoms with van der Waals surface area (Å²) in [5.74, 6) is -0.293. The van der Waals surface area contributed by atoms with Gasteiger partial charge in [0.05, 0.1) is 6.61 Å². The number of nitrogens with two attached hydrogens (primary N) is 1. The van der Waals surface area contributed by atoms with Crippen LogP contribution < -0.4 is 5.73 Å². The molecule has 0 radical (unpaired) electrons. The Morgan fingerprint density at radius 2 is 2.23 bits per heavy atom. The average Bonchev–Trinajstić information content (AvgIpc) is 2.09. The van der Waals surface area contributed by atoms with Gasteiger partial charge in [0.15, 0.2) is 0 Å². The molecule has 13 heavy (non-hydrogen) atoms. The highest BCUT2D eigenvalue weighted by atomic mass is 79.9. The molecule has 2 nitrogen and oxygen atoms in total. The maximum absolute atomic E-state index is 13.2. The maximum Gasteiger partial charge on any atom is 0.127 e. The highest BCUT2D eigenvalue weighted by molar-refractivity contribution is 9.10. The molecule has 0 saturated carbocycles. The van der Waals surface area contributed by atoms with Crippen molar-refractivity contribution < 1.29 is 9.50 Å². The topological polar surface area (TPSA) is 46.2 Å². The summed E-state index contributed by atoms with van der Waals surface area (Å²) < 4.78 is 13.9. The van der Waals surface area contributed by atoms with E-state index >= 15 is 0 Å². The molecule has 72 valence electrons. The summed E-state index contributed by atoms with van der Waals surface area (Å²) in [7, 11) is 0. The molecular weight excluding hydrogens is 237 g/mol. The quantitative estimate of drug-likeness (QED) is 0.850. The molecule has 1 atom stereocenters. The lowest BCUT2D eigenvalue weighted by Crippen LogP contribution is -2.27. The molecule has 0 heterocycles. The van der Waals surface area contributed by atoms with E-state index in [1.165, 1.54) is 6.07 Å². The summed E-state index contributed by atoms with van der Waals surface area (Å²) in [6, 6.07) is 4.41. The second-order valence-electron chi connectivity index (χ2n) is 2.88. The van der Waals surface area contributed by atoms with Gasteiger partial charge in [0.2, 0.25) is 0 Å². The molecule has 3 N–H and O–H groups in total. The monoisotopic (exact) mass is 247 g/mol. The third-order valence-electron chi connectivity index (χ3n) is 1.73. The summed E-state index contributed by atoms with van der Waals surface area (Å²) in [5, 5.41) is 8.68. The Kier molecular flexibility index (Phi) is 3.84. The lowest BCUT2D eigenvalue weighted by Gasteiger charge is -2.08. The minimum absolute atomic E-state index is 0.129. The molecule has 0 bridgehead atoms. The van der Waals surface area contributed by atoms with Gasteiger partial charge in [0, 0.05) is 10.5 Å². The van der Waals surface area contributed by atoms with Crippen LogP contribution in [0.2, 0.25) is 0 Å². The molecule has 0 aliphatic carbocycles. The van der Waals surface area contributed by atoms with Gasteiger partial charge in [-0.15, -0.1) is 0 Å². The highest BCUT2D eigenvalue weighted by Gasteiger charge is 2.07. The van der Waals surface area contributed by atoms with Gasteiger partial charge < -0.3 is 10.8 Å². The fourth-order valence-corrected chi connectivity index (χ4v) is 1.37. The number of rotatable bonds is 3. The molecule has 1 aromatic rings. The van der Waals surface area contributed by atoms with E-state index in [-0.39, 0.29) is 12.4 Å². The first-order valence-corrected chi connectivity index (χ1v) is 4.73. The van der Waals surface area contributed by atoms with Gasteiger partial charge in [0.25, 0.3) is 0 Å². The average molecular weight is 248 g/mol. The summed E-state index contributed by atoms with van der Waals surface area (Å²) in [5.41, 5.74) is 6.02. The van der Waals surface area contributed by atoms with Crippen molar-refractivity contribution in [3.63, 3.8) is 0 Å². The van der Waals surface area contributed by atoms with Crippen LogP contribution in [0.3, 0.4) is 0 Å². The third-order valence-corrected chi connectivity index (χ3v) is 2.22. The number of halogens is 2. The Bertz CT molecular complexity index is 293. The predicted molar refractivity (Wildman–Crippen MR) is 52.9 cm³/mol. The first-order valence-electron chi connectivity index (χ1n) is 3.94. The third kappa shape index (κ3) is 3.06. The fourth-order valence-electron chi connectivity index (χ4n) is 1.03. The fraction of sp³-hybridized carbons (Fsp3) is 0.333.